The fraction of sp³-hybridized carbons (Fsp3) is 0.400. The van der Waals surface area contributed by atoms with Gasteiger partial charge in [0.05, 0.1) is 6.54 Å². The predicted molar refractivity (Wildman–Crippen MR) is 83.7 cm³/mol. The number of benzene rings is 1. The van der Waals surface area contributed by atoms with Crippen molar-refractivity contribution in [3.8, 4) is 11.4 Å². The maximum Gasteiger partial charge on any atom is 0.248 e. The molecule has 1 aliphatic rings. The minimum atomic E-state index is -0.436. The molecule has 3 rings (SSSR count). The van der Waals surface area contributed by atoms with Crippen LogP contribution in [0.25, 0.3) is 11.4 Å². The van der Waals surface area contributed by atoms with E-state index in [-0.39, 0.29) is 5.91 Å². The molecule has 0 aliphatic carbocycles. The quantitative estimate of drug-likeness (QED) is 0.897. The monoisotopic (exact) mass is 336 g/mol. The summed E-state index contributed by atoms with van der Waals surface area (Å²) in [4.78, 5) is 19.6. The lowest BCUT2D eigenvalue weighted by molar-refractivity contribution is -0.136. The van der Waals surface area contributed by atoms with Gasteiger partial charge in [0.25, 0.3) is 0 Å². The van der Waals surface area contributed by atoms with E-state index in [1.807, 2.05) is 12.1 Å². The van der Waals surface area contributed by atoms with Crippen LogP contribution in [-0.4, -0.2) is 63.7 Å². The van der Waals surface area contributed by atoms with Crippen LogP contribution in [0, 0.1) is 0 Å². The van der Waals surface area contributed by atoms with Crippen LogP contribution in [0.3, 0.4) is 0 Å². The summed E-state index contributed by atoms with van der Waals surface area (Å²) in [5.74, 6) is 0.843. The lowest BCUT2D eigenvalue weighted by atomic mass is 10.2. The number of aliphatic hydroxyl groups is 1. The standard InChI is InChI=1S/C15H17ClN4O3/c16-12-3-1-11(2-4-12)15-17-13(23-18-15)9-19-5-7-20(8-6-19)14(22)10-21/h1-4,21H,5-10H2. The van der Waals surface area contributed by atoms with Crippen LogP contribution in [0.4, 0.5) is 0 Å². The van der Waals surface area contributed by atoms with Crippen molar-refractivity contribution in [3.05, 3.63) is 35.2 Å². The van der Waals surface area contributed by atoms with Crippen molar-refractivity contribution in [1.82, 2.24) is 19.9 Å². The summed E-state index contributed by atoms with van der Waals surface area (Å²) in [5.41, 5.74) is 0.850. The average molecular weight is 337 g/mol. The molecule has 0 radical (unpaired) electrons. The number of aliphatic hydroxyl groups excluding tert-OH is 1. The third-order valence-electron chi connectivity index (χ3n) is 3.79. The van der Waals surface area contributed by atoms with E-state index in [9.17, 15) is 4.79 Å². The molecule has 2 heterocycles. The SMILES string of the molecule is O=C(CO)N1CCN(Cc2nc(-c3ccc(Cl)cc3)no2)CC1. The summed E-state index contributed by atoms with van der Waals surface area (Å²) in [6, 6.07) is 7.25. The van der Waals surface area contributed by atoms with Gasteiger partial charge in [-0.25, -0.2) is 0 Å². The van der Waals surface area contributed by atoms with Gasteiger partial charge in [-0.15, -0.1) is 0 Å². The molecule has 1 aromatic carbocycles. The van der Waals surface area contributed by atoms with Crippen molar-refractivity contribution in [2.24, 2.45) is 0 Å². The first kappa shape index (κ1) is 15.9. The summed E-state index contributed by atoms with van der Waals surface area (Å²) < 4.78 is 5.29. The van der Waals surface area contributed by atoms with Gasteiger partial charge in [0, 0.05) is 36.8 Å². The van der Waals surface area contributed by atoms with Gasteiger partial charge < -0.3 is 14.5 Å². The minimum Gasteiger partial charge on any atom is -0.387 e. The first-order valence-corrected chi connectivity index (χ1v) is 7.73. The Bertz CT molecular complexity index is 666. The molecule has 1 fully saturated rings. The summed E-state index contributed by atoms with van der Waals surface area (Å²) in [6.07, 6.45) is 0. The highest BCUT2D eigenvalue weighted by molar-refractivity contribution is 6.30. The number of halogens is 1. The van der Waals surface area contributed by atoms with E-state index in [0.717, 1.165) is 5.56 Å². The average Bonchev–Trinajstić information content (AvgIpc) is 3.04. The highest BCUT2D eigenvalue weighted by atomic mass is 35.5. The topological polar surface area (TPSA) is 82.7 Å². The van der Waals surface area contributed by atoms with Crippen molar-refractivity contribution >= 4 is 17.5 Å². The molecule has 0 spiro atoms. The van der Waals surface area contributed by atoms with E-state index in [4.69, 9.17) is 21.2 Å². The second kappa shape index (κ2) is 7.08. The molecule has 0 atom stereocenters. The number of rotatable bonds is 4. The number of piperazine rings is 1. The second-order valence-corrected chi connectivity index (χ2v) is 5.77. The molecular formula is C15H17ClN4O3. The van der Waals surface area contributed by atoms with E-state index >= 15 is 0 Å². The normalized spacial score (nSPS) is 15.8. The Hall–Kier alpha value is -1.96. The first-order chi connectivity index (χ1) is 11.2. The van der Waals surface area contributed by atoms with Gasteiger partial charge in [0.1, 0.15) is 6.61 Å². The lowest BCUT2D eigenvalue weighted by Gasteiger charge is -2.33. The highest BCUT2D eigenvalue weighted by Crippen LogP contribution is 2.19. The molecular weight excluding hydrogens is 320 g/mol. The van der Waals surface area contributed by atoms with Crippen molar-refractivity contribution in [1.29, 1.82) is 0 Å². The van der Waals surface area contributed by atoms with Gasteiger partial charge in [-0.05, 0) is 24.3 Å². The molecule has 0 bridgehead atoms. The molecule has 0 saturated carbocycles. The molecule has 7 nitrogen and oxygen atoms in total. The van der Waals surface area contributed by atoms with Gasteiger partial charge in [-0.1, -0.05) is 16.8 Å². The van der Waals surface area contributed by atoms with Crippen LogP contribution in [0.5, 0.6) is 0 Å². The van der Waals surface area contributed by atoms with Gasteiger partial charge in [0.15, 0.2) is 0 Å². The number of hydrogen-bond donors (Lipinski definition) is 1. The Kier molecular flexibility index (Phi) is 4.90. The number of nitrogens with zero attached hydrogens (tertiary/aromatic N) is 4. The van der Waals surface area contributed by atoms with Crippen LogP contribution in [0.1, 0.15) is 5.89 Å². The minimum absolute atomic E-state index is 0.229. The van der Waals surface area contributed by atoms with Crippen molar-refractivity contribution < 1.29 is 14.4 Å². The Morgan fingerprint density at radius 3 is 2.57 bits per heavy atom. The molecule has 122 valence electrons. The maximum atomic E-state index is 11.4. The molecule has 0 unspecified atom stereocenters. The van der Waals surface area contributed by atoms with Gasteiger partial charge in [-0.3, -0.25) is 9.69 Å². The van der Waals surface area contributed by atoms with Gasteiger partial charge >= 0.3 is 0 Å². The zero-order chi connectivity index (χ0) is 16.2. The Morgan fingerprint density at radius 2 is 1.91 bits per heavy atom. The van der Waals surface area contributed by atoms with Crippen molar-refractivity contribution in [2.45, 2.75) is 6.54 Å². The Morgan fingerprint density at radius 1 is 1.22 bits per heavy atom. The van der Waals surface area contributed by atoms with Crippen LogP contribution < -0.4 is 0 Å². The highest BCUT2D eigenvalue weighted by Gasteiger charge is 2.22. The maximum absolute atomic E-state index is 11.4. The number of aromatic nitrogens is 2. The van der Waals surface area contributed by atoms with Crippen LogP contribution in [0.15, 0.2) is 28.8 Å². The van der Waals surface area contributed by atoms with Gasteiger partial charge in [0.2, 0.25) is 17.6 Å². The smallest absolute Gasteiger partial charge is 0.248 e. The van der Waals surface area contributed by atoms with Crippen molar-refractivity contribution in [2.75, 3.05) is 32.8 Å². The molecule has 2 aromatic rings. The Balaban J connectivity index is 1.58. The number of amides is 1. The summed E-state index contributed by atoms with van der Waals surface area (Å²) in [6.45, 7) is 2.72. The van der Waals surface area contributed by atoms with E-state index in [2.05, 4.69) is 15.0 Å². The molecule has 1 amide bonds. The number of carbonyl (C=O) groups is 1. The summed E-state index contributed by atoms with van der Waals surface area (Å²) >= 11 is 5.86. The summed E-state index contributed by atoms with van der Waals surface area (Å²) in [5, 5.41) is 13.5. The third kappa shape index (κ3) is 3.87. The lowest BCUT2D eigenvalue weighted by Crippen LogP contribution is -2.49. The van der Waals surface area contributed by atoms with E-state index in [1.165, 1.54) is 0 Å². The van der Waals surface area contributed by atoms with Gasteiger partial charge in [-0.2, -0.15) is 4.98 Å². The van der Waals surface area contributed by atoms with Crippen molar-refractivity contribution in [3.63, 3.8) is 0 Å². The molecule has 1 N–H and O–H groups in total. The van der Waals surface area contributed by atoms with E-state index in [1.54, 1.807) is 17.0 Å². The summed E-state index contributed by atoms with van der Waals surface area (Å²) in [7, 11) is 0. The zero-order valence-electron chi connectivity index (χ0n) is 12.5. The molecule has 1 saturated heterocycles. The second-order valence-electron chi connectivity index (χ2n) is 5.33. The number of hydrogen-bond acceptors (Lipinski definition) is 6. The van der Waals surface area contributed by atoms with E-state index < -0.39 is 6.61 Å². The van der Waals surface area contributed by atoms with Crippen LogP contribution in [0.2, 0.25) is 5.02 Å². The predicted octanol–water partition coefficient (Wildman–Crippen LogP) is 1.03. The zero-order valence-corrected chi connectivity index (χ0v) is 13.2. The van der Waals surface area contributed by atoms with Crippen LogP contribution >= 0.6 is 11.6 Å². The first-order valence-electron chi connectivity index (χ1n) is 7.35. The Labute approximate surface area is 138 Å². The van der Waals surface area contributed by atoms with Crippen LogP contribution in [-0.2, 0) is 11.3 Å². The fourth-order valence-electron chi connectivity index (χ4n) is 2.48. The molecule has 23 heavy (non-hydrogen) atoms. The largest absolute Gasteiger partial charge is 0.387 e. The third-order valence-corrected chi connectivity index (χ3v) is 4.04. The number of carbonyl (C=O) groups excluding carboxylic acids is 1. The van der Waals surface area contributed by atoms with E-state index in [0.29, 0.717) is 49.5 Å². The molecule has 1 aromatic heterocycles. The fourth-order valence-corrected chi connectivity index (χ4v) is 2.61. The molecule has 1 aliphatic heterocycles. The molecule has 8 heteroatoms.